The summed E-state index contributed by atoms with van der Waals surface area (Å²) in [6, 6.07) is -0.120. The highest BCUT2D eigenvalue weighted by Crippen LogP contribution is 2.35. The molecule has 0 saturated heterocycles. The molecule has 0 saturated carbocycles. The lowest BCUT2D eigenvalue weighted by molar-refractivity contribution is 0.555. The summed E-state index contributed by atoms with van der Waals surface area (Å²) < 4.78 is 26.7. The molecule has 1 aromatic rings. The van der Waals surface area contributed by atoms with Crippen LogP contribution in [0.5, 0.6) is 0 Å². The van der Waals surface area contributed by atoms with Gasteiger partial charge in [-0.25, -0.2) is 13.1 Å². The fraction of sp³-hybridized carbons (Fsp3) is 0.500. The summed E-state index contributed by atoms with van der Waals surface area (Å²) in [6.07, 6.45) is 5.18. The van der Waals surface area contributed by atoms with Crippen LogP contribution in [0.1, 0.15) is 30.5 Å². The van der Waals surface area contributed by atoms with Crippen molar-refractivity contribution in [1.29, 1.82) is 0 Å². The molecule has 0 amide bonds. The van der Waals surface area contributed by atoms with Crippen molar-refractivity contribution in [3.63, 3.8) is 0 Å². The topological polar surface area (TPSA) is 59.1 Å². The third-order valence-corrected chi connectivity index (χ3v) is 4.89. The molecule has 0 spiro atoms. The van der Waals surface area contributed by atoms with Gasteiger partial charge in [0, 0.05) is 22.9 Å². The molecule has 1 atom stereocenters. The molecule has 0 aliphatic heterocycles. The average molecular weight is 305 g/mol. The highest BCUT2D eigenvalue weighted by Gasteiger charge is 2.27. The summed E-state index contributed by atoms with van der Waals surface area (Å²) in [5.74, 6) is 0.111. The normalized spacial score (nSPS) is 19.8. The summed E-state index contributed by atoms with van der Waals surface area (Å²) in [5.41, 5.74) is 2.16. The van der Waals surface area contributed by atoms with E-state index in [-0.39, 0.29) is 11.8 Å². The Morgan fingerprint density at radius 3 is 3.00 bits per heavy atom. The van der Waals surface area contributed by atoms with E-state index in [1.165, 1.54) is 5.56 Å². The molecule has 1 aliphatic carbocycles. The summed E-state index contributed by atoms with van der Waals surface area (Å²) in [4.78, 5) is 4.08. The first-order valence-electron chi connectivity index (χ1n) is 5.16. The third-order valence-electron chi connectivity index (χ3n) is 2.80. The number of halogens is 1. The fourth-order valence-electron chi connectivity index (χ4n) is 1.91. The number of aromatic nitrogens is 1. The molecule has 16 heavy (non-hydrogen) atoms. The Balaban J connectivity index is 2.28. The molecular formula is C10H13BrN2O2S. The average Bonchev–Trinajstić information content (AvgIpc) is 2.63. The number of hydrogen-bond acceptors (Lipinski definition) is 3. The van der Waals surface area contributed by atoms with Gasteiger partial charge >= 0.3 is 0 Å². The minimum atomic E-state index is -3.15. The lowest BCUT2D eigenvalue weighted by Crippen LogP contribution is -2.28. The number of fused-ring (bicyclic) bond motifs is 1. The predicted octanol–water partition coefficient (Wildman–Crippen LogP) is 1.77. The molecule has 0 bridgehead atoms. The molecule has 88 valence electrons. The van der Waals surface area contributed by atoms with Gasteiger partial charge in [-0.1, -0.05) is 0 Å². The van der Waals surface area contributed by atoms with Gasteiger partial charge in [0.1, 0.15) is 0 Å². The molecular weight excluding hydrogens is 292 g/mol. The Morgan fingerprint density at radius 1 is 1.56 bits per heavy atom. The van der Waals surface area contributed by atoms with Crippen LogP contribution in [-0.4, -0.2) is 19.2 Å². The van der Waals surface area contributed by atoms with E-state index in [9.17, 15) is 8.42 Å². The lowest BCUT2D eigenvalue weighted by Gasteiger charge is -2.13. The van der Waals surface area contributed by atoms with Gasteiger partial charge in [0.05, 0.1) is 5.75 Å². The molecule has 2 rings (SSSR count). The Morgan fingerprint density at radius 2 is 2.31 bits per heavy atom. The van der Waals surface area contributed by atoms with Crippen LogP contribution in [0.2, 0.25) is 0 Å². The van der Waals surface area contributed by atoms with E-state index in [1.807, 2.05) is 0 Å². The van der Waals surface area contributed by atoms with Crippen LogP contribution in [0.3, 0.4) is 0 Å². The van der Waals surface area contributed by atoms with Crippen molar-refractivity contribution in [1.82, 2.24) is 9.71 Å². The number of nitrogens with zero attached hydrogens (tertiary/aromatic N) is 1. The van der Waals surface area contributed by atoms with Crippen molar-refractivity contribution < 1.29 is 8.42 Å². The summed E-state index contributed by atoms with van der Waals surface area (Å²) in [6.45, 7) is 1.64. The number of sulfonamides is 1. The SMILES string of the molecule is CCS(=O)(=O)NC1CCc2c(Br)cncc21. The van der Waals surface area contributed by atoms with Crippen LogP contribution in [-0.2, 0) is 16.4 Å². The van der Waals surface area contributed by atoms with E-state index in [0.29, 0.717) is 0 Å². The second kappa shape index (κ2) is 4.43. The maximum atomic E-state index is 11.5. The van der Waals surface area contributed by atoms with Crippen molar-refractivity contribution in [2.75, 3.05) is 5.75 Å². The van der Waals surface area contributed by atoms with Crippen molar-refractivity contribution in [3.05, 3.63) is 28.0 Å². The van der Waals surface area contributed by atoms with Gasteiger partial charge in [0.2, 0.25) is 10.0 Å². The molecule has 1 unspecified atom stereocenters. The fourth-order valence-corrected chi connectivity index (χ4v) is 3.30. The van der Waals surface area contributed by atoms with Crippen LogP contribution in [0.25, 0.3) is 0 Å². The first-order chi connectivity index (χ1) is 7.53. The highest BCUT2D eigenvalue weighted by molar-refractivity contribution is 9.10. The van der Waals surface area contributed by atoms with Gasteiger partial charge in [-0.05, 0) is 46.8 Å². The molecule has 0 radical (unpaired) electrons. The maximum Gasteiger partial charge on any atom is 0.211 e. The van der Waals surface area contributed by atoms with E-state index in [2.05, 4.69) is 25.6 Å². The zero-order chi connectivity index (χ0) is 11.8. The van der Waals surface area contributed by atoms with Crippen molar-refractivity contribution >= 4 is 26.0 Å². The summed E-state index contributed by atoms with van der Waals surface area (Å²) >= 11 is 3.43. The maximum absolute atomic E-state index is 11.5. The Hall–Kier alpha value is -0.460. The number of rotatable bonds is 3. The Bertz CT molecular complexity index is 502. The van der Waals surface area contributed by atoms with Gasteiger partial charge < -0.3 is 0 Å². The van der Waals surface area contributed by atoms with E-state index in [0.717, 1.165) is 22.9 Å². The van der Waals surface area contributed by atoms with Crippen molar-refractivity contribution in [2.45, 2.75) is 25.8 Å². The number of hydrogen-bond donors (Lipinski definition) is 1. The molecule has 1 aromatic heterocycles. The van der Waals surface area contributed by atoms with Gasteiger partial charge in [-0.3, -0.25) is 4.98 Å². The summed E-state index contributed by atoms with van der Waals surface area (Å²) in [7, 11) is -3.15. The van der Waals surface area contributed by atoms with E-state index >= 15 is 0 Å². The van der Waals surface area contributed by atoms with Crippen LogP contribution in [0.15, 0.2) is 16.9 Å². The summed E-state index contributed by atoms with van der Waals surface area (Å²) in [5, 5.41) is 0. The molecule has 6 heteroatoms. The van der Waals surface area contributed by atoms with Gasteiger partial charge in [-0.2, -0.15) is 0 Å². The van der Waals surface area contributed by atoms with Gasteiger partial charge in [-0.15, -0.1) is 0 Å². The monoisotopic (exact) mass is 304 g/mol. The van der Waals surface area contributed by atoms with Crippen molar-refractivity contribution in [2.24, 2.45) is 0 Å². The molecule has 1 N–H and O–H groups in total. The first-order valence-corrected chi connectivity index (χ1v) is 7.60. The van der Waals surface area contributed by atoms with Crippen LogP contribution in [0.4, 0.5) is 0 Å². The zero-order valence-corrected chi connectivity index (χ0v) is 11.3. The second-order valence-corrected chi connectivity index (χ2v) is 6.70. The van der Waals surface area contributed by atoms with Crippen LogP contribution in [0, 0.1) is 0 Å². The minimum absolute atomic E-state index is 0.111. The molecule has 1 heterocycles. The number of pyridine rings is 1. The van der Waals surface area contributed by atoms with Gasteiger partial charge in [0.25, 0.3) is 0 Å². The van der Waals surface area contributed by atoms with E-state index < -0.39 is 10.0 Å². The lowest BCUT2D eigenvalue weighted by atomic mass is 10.1. The van der Waals surface area contributed by atoms with Crippen molar-refractivity contribution in [3.8, 4) is 0 Å². The second-order valence-electron chi connectivity index (χ2n) is 3.80. The first kappa shape index (κ1) is 12.0. The quantitative estimate of drug-likeness (QED) is 0.926. The molecule has 1 aliphatic rings. The largest absolute Gasteiger partial charge is 0.263 e. The number of nitrogens with one attached hydrogen (secondary N) is 1. The highest BCUT2D eigenvalue weighted by atomic mass is 79.9. The Kier molecular flexibility index (Phi) is 3.32. The Labute approximate surface area is 104 Å². The molecule has 4 nitrogen and oxygen atoms in total. The van der Waals surface area contributed by atoms with Crippen LogP contribution >= 0.6 is 15.9 Å². The third kappa shape index (κ3) is 2.28. The van der Waals surface area contributed by atoms with Gasteiger partial charge in [0.15, 0.2) is 0 Å². The minimum Gasteiger partial charge on any atom is -0.263 e. The smallest absolute Gasteiger partial charge is 0.211 e. The van der Waals surface area contributed by atoms with Crippen LogP contribution < -0.4 is 4.72 Å². The molecule has 0 aromatic carbocycles. The van der Waals surface area contributed by atoms with E-state index in [4.69, 9.17) is 0 Å². The molecule has 0 fully saturated rings. The van der Waals surface area contributed by atoms with E-state index in [1.54, 1.807) is 19.3 Å². The standard InChI is InChI=1S/C10H13BrN2O2S/c1-2-16(14,15)13-10-4-3-7-8(10)5-12-6-9(7)11/h5-6,10,13H,2-4H2,1H3. The zero-order valence-electron chi connectivity index (χ0n) is 8.90. The predicted molar refractivity (Wildman–Crippen MR) is 65.6 cm³/mol.